The Labute approximate surface area is 130 Å². The van der Waals surface area contributed by atoms with Gasteiger partial charge in [0.2, 0.25) is 6.79 Å². The molecule has 0 aromatic heterocycles. The summed E-state index contributed by atoms with van der Waals surface area (Å²) in [5, 5.41) is 4.14. The van der Waals surface area contributed by atoms with E-state index in [1.165, 1.54) is 0 Å². The summed E-state index contributed by atoms with van der Waals surface area (Å²) in [4.78, 5) is 4.80. The van der Waals surface area contributed by atoms with E-state index >= 15 is 0 Å². The molecule has 0 amide bonds. The average molecular weight is 312 g/mol. The van der Waals surface area contributed by atoms with Crippen LogP contribution in [-0.4, -0.2) is 62.9 Å². The van der Waals surface area contributed by atoms with E-state index in [-0.39, 0.29) is 6.79 Å². The van der Waals surface area contributed by atoms with Crippen LogP contribution in [-0.2, 0) is 6.54 Å². The van der Waals surface area contributed by atoms with Gasteiger partial charge < -0.3 is 19.7 Å². The molecule has 2 aliphatic heterocycles. The number of halogens is 1. The summed E-state index contributed by atoms with van der Waals surface area (Å²) in [5.41, 5.74) is 1.12. The van der Waals surface area contributed by atoms with Crippen LogP contribution in [0, 0.1) is 0 Å². The molecule has 1 aromatic carbocycles. The molecule has 0 spiro atoms. The van der Waals surface area contributed by atoms with Gasteiger partial charge in [0.25, 0.3) is 0 Å². The Kier molecular flexibility index (Phi) is 4.54. The van der Waals surface area contributed by atoms with E-state index in [1.54, 1.807) is 0 Å². The van der Waals surface area contributed by atoms with E-state index in [2.05, 4.69) is 29.2 Å². The Bertz CT molecular complexity index is 512. The van der Waals surface area contributed by atoms with E-state index in [0.717, 1.165) is 44.0 Å². The number of hydrogen-bond donors (Lipinski definition) is 1. The van der Waals surface area contributed by atoms with Crippen LogP contribution < -0.4 is 14.8 Å². The van der Waals surface area contributed by atoms with Crippen LogP contribution in [0.15, 0.2) is 12.1 Å². The van der Waals surface area contributed by atoms with E-state index < -0.39 is 0 Å². The second-order valence-corrected chi connectivity index (χ2v) is 6.25. The third kappa shape index (κ3) is 3.43. The van der Waals surface area contributed by atoms with Crippen molar-refractivity contribution in [2.75, 3.05) is 47.1 Å². The molecular weight excluding hydrogens is 290 g/mol. The number of piperazine rings is 1. The summed E-state index contributed by atoms with van der Waals surface area (Å²) in [5.74, 6) is 1.41. The summed E-state index contributed by atoms with van der Waals surface area (Å²) in [7, 11) is 4.37. The summed E-state index contributed by atoms with van der Waals surface area (Å²) in [6.07, 6.45) is 0. The van der Waals surface area contributed by atoms with Crippen LogP contribution in [0.1, 0.15) is 5.56 Å². The molecule has 1 N–H and O–H groups in total. The van der Waals surface area contributed by atoms with Crippen molar-refractivity contribution >= 4 is 11.6 Å². The van der Waals surface area contributed by atoms with E-state index in [1.807, 2.05) is 12.1 Å². The first kappa shape index (κ1) is 14.9. The number of ether oxygens (including phenoxy) is 2. The fourth-order valence-corrected chi connectivity index (χ4v) is 3.12. The number of fused-ring (bicyclic) bond motifs is 1. The Hall–Kier alpha value is -1.01. The first-order valence-corrected chi connectivity index (χ1v) is 7.69. The standard InChI is InChI=1S/C15H22ClN3O2/c1-18-3-4-19(2)12(9-18)8-17-7-11-5-13(16)15-14(6-11)20-10-21-15/h5-6,12,17H,3-4,7-10H2,1-2H3. The van der Waals surface area contributed by atoms with Gasteiger partial charge in [-0.05, 0) is 31.8 Å². The lowest BCUT2D eigenvalue weighted by molar-refractivity contribution is 0.113. The van der Waals surface area contributed by atoms with Gasteiger partial charge in [-0.25, -0.2) is 0 Å². The second kappa shape index (κ2) is 6.40. The molecule has 116 valence electrons. The zero-order valence-corrected chi connectivity index (χ0v) is 13.3. The van der Waals surface area contributed by atoms with Gasteiger partial charge in [0.15, 0.2) is 11.5 Å². The van der Waals surface area contributed by atoms with Crippen molar-refractivity contribution in [2.45, 2.75) is 12.6 Å². The Balaban J connectivity index is 1.55. The molecule has 0 saturated carbocycles. The highest BCUT2D eigenvalue weighted by atomic mass is 35.5. The maximum absolute atomic E-state index is 6.20. The number of rotatable bonds is 4. The minimum Gasteiger partial charge on any atom is -0.454 e. The maximum Gasteiger partial charge on any atom is 0.231 e. The van der Waals surface area contributed by atoms with Crippen molar-refractivity contribution < 1.29 is 9.47 Å². The van der Waals surface area contributed by atoms with Gasteiger partial charge in [-0.3, -0.25) is 4.90 Å². The van der Waals surface area contributed by atoms with Crippen LogP contribution >= 0.6 is 11.6 Å². The lowest BCUT2D eigenvalue weighted by Crippen LogP contribution is -2.53. The third-order valence-electron chi connectivity index (χ3n) is 4.18. The Morgan fingerprint density at radius 2 is 2.14 bits per heavy atom. The van der Waals surface area contributed by atoms with Gasteiger partial charge in [0, 0.05) is 38.8 Å². The van der Waals surface area contributed by atoms with Gasteiger partial charge in [-0.2, -0.15) is 0 Å². The molecule has 3 rings (SSSR count). The smallest absolute Gasteiger partial charge is 0.231 e. The lowest BCUT2D eigenvalue weighted by Gasteiger charge is -2.37. The normalized spacial score (nSPS) is 22.7. The SMILES string of the molecule is CN1CCN(C)C(CNCc2cc(Cl)c3c(c2)OCO3)C1. The molecule has 1 atom stereocenters. The summed E-state index contributed by atoms with van der Waals surface area (Å²) in [6, 6.07) is 4.49. The third-order valence-corrected chi connectivity index (χ3v) is 4.46. The molecule has 1 aromatic rings. The molecule has 1 saturated heterocycles. The first-order valence-electron chi connectivity index (χ1n) is 7.31. The first-order chi connectivity index (χ1) is 10.1. The van der Waals surface area contributed by atoms with Gasteiger partial charge in [-0.1, -0.05) is 11.6 Å². The Morgan fingerprint density at radius 3 is 3.00 bits per heavy atom. The van der Waals surface area contributed by atoms with Crippen LogP contribution in [0.2, 0.25) is 5.02 Å². The number of likely N-dealkylation sites (N-methyl/N-ethyl adjacent to an activating group) is 2. The predicted octanol–water partition coefficient (Wildman–Crippen LogP) is 1.40. The van der Waals surface area contributed by atoms with Gasteiger partial charge in [0.1, 0.15) is 0 Å². The van der Waals surface area contributed by atoms with Crippen molar-refractivity contribution in [1.29, 1.82) is 0 Å². The molecule has 2 aliphatic rings. The molecule has 1 unspecified atom stereocenters. The highest BCUT2D eigenvalue weighted by Crippen LogP contribution is 2.39. The van der Waals surface area contributed by atoms with Crippen molar-refractivity contribution in [3.63, 3.8) is 0 Å². The molecule has 2 heterocycles. The van der Waals surface area contributed by atoms with Crippen LogP contribution in [0.4, 0.5) is 0 Å². The van der Waals surface area contributed by atoms with Gasteiger partial charge >= 0.3 is 0 Å². The summed E-state index contributed by atoms with van der Waals surface area (Å²) >= 11 is 6.20. The van der Waals surface area contributed by atoms with Crippen LogP contribution in [0.3, 0.4) is 0 Å². The van der Waals surface area contributed by atoms with Crippen molar-refractivity contribution in [2.24, 2.45) is 0 Å². The highest BCUT2D eigenvalue weighted by Gasteiger charge is 2.22. The Morgan fingerprint density at radius 1 is 1.29 bits per heavy atom. The predicted molar refractivity (Wildman–Crippen MR) is 83.2 cm³/mol. The molecule has 5 nitrogen and oxygen atoms in total. The second-order valence-electron chi connectivity index (χ2n) is 5.84. The number of hydrogen-bond acceptors (Lipinski definition) is 5. The fourth-order valence-electron chi connectivity index (χ4n) is 2.83. The lowest BCUT2D eigenvalue weighted by atomic mass is 10.1. The topological polar surface area (TPSA) is 37.0 Å². The molecule has 0 bridgehead atoms. The van der Waals surface area contributed by atoms with Crippen molar-refractivity contribution in [1.82, 2.24) is 15.1 Å². The zero-order chi connectivity index (χ0) is 14.8. The van der Waals surface area contributed by atoms with Crippen molar-refractivity contribution in [3.05, 3.63) is 22.7 Å². The number of nitrogens with one attached hydrogen (secondary N) is 1. The molecule has 0 aliphatic carbocycles. The van der Waals surface area contributed by atoms with Crippen molar-refractivity contribution in [3.8, 4) is 11.5 Å². The van der Waals surface area contributed by atoms with Gasteiger partial charge in [0.05, 0.1) is 5.02 Å². The molecule has 0 radical (unpaired) electrons. The van der Waals surface area contributed by atoms with E-state index in [4.69, 9.17) is 21.1 Å². The quantitative estimate of drug-likeness (QED) is 0.910. The average Bonchev–Trinajstić information content (AvgIpc) is 2.91. The summed E-state index contributed by atoms with van der Waals surface area (Å²) < 4.78 is 10.7. The largest absolute Gasteiger partial charge is 0.454 e. The van der Waals surface area contributed by atoms with Crippen LogP contribution in [0.25, 0.3) is 0 Å². The summed E-state index contributed by atoms with van der Waals surface area (Å²) in [6.45, 7) is 5.37. The fraction of sp³-hybridized carbons (Fsp3) is 0.600. The zero-order valence-electron chi connectivity index (χ0n) is 12.6. The minimum atomic E-state index is 0.255. The number of benzene rings is 1. The van der Waals surface area contributed by atoms with Crippen LogP contribution in [0.5, 0.6) is 11.5 Å². The van der Waals surface area contributed by atoms with Gasteiger partial charge in [-0.15, -0.1) is 0 Å². The molecule has 21 heavy (non-hydrogen) atoms. The number of nitrogens with zero attached hydrogens (tertiary/aromatic N) is 2. The van der Waals surface area contributed by atoms with E-state index in [9.17, 15) is 0 Å². The maximum atomic E-state index is 6.20. The molecular formula is C15H22ClN3O2. The molecule has 1 fully saturated rings. The highest BCUT2D eigenvalue weighted by molar-refractivity contribution is 6.32. The minimum absolute atomic E-state index is 0.255. The molecule has 6 heteroatoms. The monoisotopic (exact) mass is 311 g/mol. The van der Waals surface area contributed by atoms with E-state index in [0.29, 0.717) is 16.8 Å².